The number of hydrogen-bond acceptors (Lipinski definition) is 3. The average Bonchev–Trinajstić information content (AvgIpc) is 2.49. The maximum atomic E-state index is 11.1. The summed E-state index contributed by atoms with van der Waals surface area (Å²) in [6, 6.07) is 0. The Balaban J connectivity index is 1.98. The van der Waals surface area contributed by atoms with E-state index in [1.807, 2.05) is 17.8 Å². The van der Waals surface area contributed by atoms with E-state index in [0.29, 0.717) is 19.4 Å². The van der Waals surface area contributed by atoms with Crippen LogP contribution < -0.4 is 5.32 Å². The number of carbonyl (C=O) groups is 1. The fraction of sp³-hybridized carbons (Fsp3) is 0.600. The van der Waals surface area contributed by atoms with Gasteiger partial charge in [-0.05, 0) is 19.3 Å². The highest BCUT2D eigenvalue weighted by Gasteiger charge is 2.43. The van der Waals surface area contributed by atoms with Crippen LogP contribution in [0.1, 0.15) is 25.1 Å². The molecule has 1 aliphatic rings. The minimum absolute atomic E-state index is 0.510. The molecule has 0 bridgehead atoms. The second kappa shape index (κ2) is 3.66. The van der Waals surface area contributed by atoms with Crippen molar-refractivity contribution in [3.63, 3.8) is 0 Å². The first-order chi connectivity index (χ1) is 7.14. The molecular weight excluding hydrogens is 194 g/mol. The second-order valence-electron chi connectivity index (χ2n) is 4.05. The number of aliphatic carboxylic acids is 1. The molecule has 15 heavy (non-hydrogen) atoms. The molecule has 82 valence electrons. The second-order valence-corrected chi connectivity index (χ2v) is 4.05. The summed E-state index contributed by atoms with van der Waals surface area (Å²) in [7, 11) is 1.90. The maximum absolute atomic E-state index is 11.1. The first-order valence-corrected chi connectivity index (χ1v) is 5.09. The van der Waals surface area contributed by atoms with E-state index in [1.165, 1.54) is 0 Å². The van der Waals surface area contributed by atoms with Gasteiger partial charge in [-0.1, -0.05) is 0 Å². The first kappa shape index (κ1) is 10.2. The summed E-state index contributed by atoms with van der Waals surface area (Å²) in [4.78, 5) is 15.2. The predicted molar refractivity (Wildman–Crippen MR) is 54.3 cm³/mol. The van der Waals surface area contributed by atoms with Gasteiger partial charge in [-0.15, -0.1) is 0 Å². The van der Waals surface area contributed by atoms with Crippen LogP contribution in [0, 0.1) is 0 Å². The number of carboxylic acids is 1. The number of hydrogen-bond donors (Lipinski definition) is 2. The lowest BCUT2D eigenvalue weighted by Gasteiger charge is -2.38. The molecule has 2 rings (SSSR count). The van der Waals surface area contributed by atoms with E-state index in [9.17, 15) is 4.79 Å². The molecule has 1 saturated carbocycles. The van der Waals surface area contributed by atoms with Crippen molar-refractivity contribution in [3.05, 3.63) is 18.2 Å². The average molecular weight is 209 g/mol. The van der Waals surface area contributed by atoms with E-state index in [1.54, 1.807) is 6.20 Å². The number of aryl methyl sites for hydroxylation is 1. The van der Waals surface area contributed by atoms with E-state index >= 15 is 0 Å². The molecular formula is C10H15N3O2. The Hall–Kier alpha value is -1.36. The van der Waals surface area contributed by atoms with Crippen molar-refractivity contribution in [2.24, 2.45) is 7.05 Å². The van der Waals surface area contributed by atoms with Crippen molar-refractivity contribution < 1.29 is 9.90 Å². The zero-order valence-corrected chi connectivity index (χ0v) is 8.73. The molecule has 0 aromatic carbocycles. The quantitative estimate of drug-likeness (QED) is 0.758. The zero-order chi connectivity index (χ0) is 10.9. The van der Waals surface area contributed by atoms with Crippen molar-refractivity contribution in [1.29, 1.82) is 0 Å². The number of nitrogens with one attached hydrogen (secondary N) is 1. The molecule has 0 aliphatic heterocycles. The van der Waals surface area contributed by atoms with Crippen LogP contribution in [-0.2, 0) is 18.4 Å². The summed E-state index contributed by atoms with van der Waals surface area (Å²) in [6.45, 7) is 0.510. The standard InChI is InChI=1S/C10H15N3O2/c1-13-6-5-11-8(13)7-12-10(9(14)15)3-2-4-10/h5-6,12H,2-4,7H2,1H3,(H,14,15). The number of nitrogens with zero attached hydrogens (tertiary/aromatic N) is 2. The lowest BCUT2D eigenvalue weighted by molar-refractivity contribution is -0.148. The molecule has 5 nitrogen and oxygen atoms in total. The smallest absolute Gasteiger partial charge is 0.323 e. The van der Waals surface area contributed by atoms with Gasteiger partial charge in [-0.2, -0.15) is 0 Å². The third-order valence-electron chi connectivity index (χ3n) is 3.12. The first-order valence-electron chi connectivity index (χ1n) is 5.09. The summed E-state index contributed by atoms with van der Waals surface area (Å²) in [5, 5.41) is 12.2. The Kier molecular flexibility index (Phi) is 2.48. The fourth-order valence-corrected chi connectivity index (χ4v) is 1.81. The van der Waals surface area contributed by atoms with Gasteiger partial charge in [-0.3, -0.25) is 10.1 Å². The molecule has 1 heterocycles. The van der Waals surface area contributed by atoms with Gasteiger partial charge in [0.05, 0.1) is 6.54 Å². The number of imidazole rings is 1. The van der Waals surface area contributed by atoms with Gasteiger partial charge in [0, 0.05) is 19.4 Å². The van der Waals surface area contributed by atoms with E-state index in [-0.39, 0.29) is 0 Å². The minimum atomic E-state index is -0.747. The van der Waals surface area contributed by atoms with Crippen LogP contribution in [0.2, 0.25) is 0 Å². The third kappa shape index (κ3) is 1.74. The number of rotatable bonds is 4. The van der Waals surface area contributed by atoms with Crippen LogP contribution in [0.25, 0.3) is 0 Å². The summed E-state index contributed by atoms with van der Waals surface area (Å²) >= 11 is 0. The van der Waals surface area contributed by atoms with Crippen LogP contribution in [0.5, 0.6) is 0 Å². The summed E-state index contributed by atoms with van der Waals surface area (Å²) in [5.74, 6) is 0.116. The molecule has 0 radical (unpaired) electrons. The molecule has 1 aliphatic carbocycles. The lowest BCUT2D eigenvalue weighted by Crippen LogP contribution is -2.56. The van der Waals surface area contributed by atoms with Crippen molar-refractivity contribution >= 4 is 5.97 Å². The van der Waals surface area contributed by atoms with E-state index < -0.39 is 11.5 Å². The Labute approximate surface area is 88.1 Å². The molecule has 0 atom stereocenters. The van der Waals surface area contributed by atoms with Gasteiger partial charge in [0.15, 0.2) is 0 Å². The Morgan fingerprint density at radius 3 is 2.87 bits per heavy atom. The highest BCUT2D eigenvalue weighted by atomic mass is 16.4. The summed E-state index contributed by atoms with van der Waals surface area (Å²) in [5.41, 5.74) is -0.702. The van der Waals surface area contributed by atoms with E-state index in [4.69, 9.17) is 5.11 Å². The van der Waals surface area contributed by atoms with Crippen molar-refractivity contribution in [2.75, 3.05) is 0 Å². The SMILES string of the molecule is Cn1ccnc1CNC1(C(=O)O)CCC1. The van der Waals surface area contributed by atoms with Crippen molar-refractivity contribution in [2.45, 2.75) is 31.3 Å². The monoisotopic (exact) mass is 209 g/mol. The van der Waals surface area contributed by atoms with Crippen LogP contribution in [0.4, 0.5) is 0 Å². The maximum Gasteiger partial charge on any atom is 0.323 e. The van der Waals surface area contributed by atoms with E-state index in [0.717, 1.165) is 12.2 Å². The van der Waals surface area contributed by atoms with Crippen LogP contribution in [0.3, 0.4) is 0 Å². The Morgan fingerprint density at radius 2 is 2.47 bits per heavy atom. The van der Waals surface area contributed by atoms with Crippen LogP contribution in [-0.4, -0.2) is 26.2 Å². The lowest BCUT2D eigenvalue weighted by atomic mass is 9.77. The molecule has 0 spiro atoms. The van der Waals surface area contributed by atoms with Gasteiger partial charge >= 0.3 is 5.97 Å². The van der Waals surface area contributed by atoms with Crippen molar-refractivity contribution in [1.82, 2.24) is 14.9 Å². The minimum Gasteiger partial charge on any atom is -0.480 e. The highest BCUT2D eigenvalue weighted by Crippen LogP contribution is 2.32. The highest BCUT2D eigenvalue weighted by molar-refractivity contribution is 5.79. The molecule has 1 aromatic heterocycles. The molecule has 1 fully saturated rings. The van der Waals surface area contributed by atoms with Crippen molar-refractivity contribution in [3.8, 4) is 0 Å². The number of aromatic nitrogens is 2. The predicted octanol–water partition coefficient (Wildman–Crippen LogP) is 0.517. The zero-order valence-electron chi connectivity index (χ0n) is 8.73. The topological polar surface area (TPSA) is 67.2 Å². The Bertz CT molecular complexity index is 368. The molecule has 1 aromatic rings. The molecule has 5 heteroatoms. The van der Waals surface area contributed by atoms with Gasteiger partial charge < -0.3 is 9.67 Å². The largest absolute Gasteiger partial charge is 0.480 e. The van der Waals surface area contributed by atoms with Crippen LogP contribution in [0.15, 0.2) is 12.4 Å². The third-order valence-corrected chi connectivity index (χ3v) is 3.12. The fourth-order valence-electron chi connectivity index (χ4n) is 1.81. The Morgan fingerprint density at radius 1 is 1.73 bits per heavy atom. The van der Waals surface area contributed by atoms with E-state index in [2.05, 4.69) is 10.3 Å². The summed E-state index contributed by atoms with van der Waals surface area (Å²) < 4.78 is 1.89. The molecule has 2 N–H and O–H groups in total. The molecule has 0 unspecified atom stereocenters. The van der Waals surface area contributed by atoms with Gasteiger partial charge in [0.25, 0.3) is 0 Å². The summed E-state index contributed by atoms with van der Waals surface area (Å²) in [6.07, 6.45) is 5.98. The normalized spacial score (nSPS) is 18.5. The van der Waals surface area contributed by atoms with Gasteiger partial charge in [0.1, 0.15) is 11.4 Å². The molecule has 0 amide bonds. The van der Waals surface area contributed by atoms with Gasteiger partial charge in [0.2, 0.25) is 0 Å². The van der Waals surface area contributed by atoms with Gasteiger partial charge in [-0.25, -0.2) is 4.98 Å². The van der Waals surface area contributed by atoms with Crippen LogP contribution >= 0.6 is 0 Å². The molecule has 0 saturated heterocycles. The number of carboxylic acid groups (broad SMARTS) is 1.